The number of hydrogen-bond donors (Lipinski definition) is 1. The van der Waals surface area contributed by atoms with Crippen molar-refractivity contribution in [1.82, 2.24) is 0 Å². The summed E-state index contributed by atoms with van der Waals surface area (Å²) in [5, 5.41) is 3.37. The van der Waals surface area contributed by atoms with Crippen molar-refractivity contribution in [3.05, 3.63) is 59.6 Å². The van der Waals surface area contributed by atoms with E-state index < -0.39 is 5.92 Å². The van der Waals surface area contributed by atoms with Crippen molar-refractivity contribution in [3.63, 3.8) is 0 Å². The first kappa shape index (κ1) is 14.6. The molecular formula is C17H15ClN2O2. The van der Waals surface area contributed by atoms with Gasteiger partial charge in [0.1, 0.15) is 5.92 Å². The molecule has 112 valence electrons. The van der Waals surface area contributed by atoms with Gasteiger partial charge in [0.05, 0.1) is 0 Å². The molecule has 1 fully saturated rings. The number of carbonyl (C=O) groups is 2. The highest BCUT2D eigenvalue weighted by molar-refractivity contribution is 6.30. The van der Waals surface area contributed by atoms with Gasteiger partial charge in [0.2, 0.25) is 11.8 Å². The molecule has 0 bridgehead atoms. The van der Waals surface area contributed by atoms with Gasteiger partial charge in [0, 0.05) is 22.9 Å². The minimum absolute atomic E-state index is 0.155. The number of carbonyl (C=O) groups excluding carboxylic acids is 2. The Labute approximate surface area is 133 Å². The molecule has 3 rings (SSSR count). The topological polar surface area (TPSA) is 49.4 Å². The van der Waals surface area contributed by atoms with E-state index in [9.17, 15) is 9.59 Å². The Balaban J connectivity index is 1.69. The van der Waals surface area contributed by atoms with Gasteiger partial charge in [-0.25, -0.2) is 0 Å². The van der Waals surface area contributed by atoms with Crippen LogP contribution in [0, 0.1) is 5.92 Å². The number of hydrogen-bond acceptors (Lipinski definition) is 2. The number of benzene rings is 2. The molecule has 1 aliphatic heterocycles. The van der Waals surface area contributed by atoms with E-state index >= 15 is 0 Å². The molecule has 0 radical (unpaired) electrons. The van der Waals surface area contributed by atoms with E-state index in [1.54, 1.807) is 29.2 Å². The molecule has 1 N–H and O–H groups in total. The van der Waals surface area contributed by atoms with Gasteiger partial charge in [-0.1, -0.05) is 29.8 Å². The molecule has 0 unspecified atom stereocenters. The van der Waals surface area contributed by atoms with Crippen LogP contribution in [0.15, 0.2) is 54.6 Å². The fraction of sp³-hybridized carbons (Fsp3) is 0.176. The Bertz CT molecular complexity index is 686. The van der Waals surface area contributed by atoms with E-state index in [0.717, 1.165) is 5.69 Å². The first-order valence-corrected chi connectivity index (χ1v) is 7.46. The third kappa shape index (κ3) is 2.97. The Hall–Kier alpha value is -2.33. The van der Waals surface area contributed by atoms with Gasteiger partial charge in [-0.3, -0.25) is 9.59 Å². The fourth-order valence-corrected chi connectivity index (χ4v) is 2.68. The van der Waals surface area contributed by atoms with Crippen molar-refractivity contribution in [1.29, 1.82) is 0 Å². The third-order valence-corrected chi connectivity index (χ3v) is 3.95. The van der Waals surface area contributed by atoms with Crippen molar-refractivity contribution in [2.75, 3.05) is 16.8 Å². The molecule has 0 saturated carbocycles. The predicted octanol–water partition coefficient (Wildman–Crippen LogP) is 3.33. The third-order valence-electron chi connectivity index (χ3n) is 3.70. The Morgan fingerprint density at radius 3 is 2.45 bits per heavy atom. The van der Waals surface area contributed by atoms with Crippen LogP contribution in [-0.2, 0) is 9.59 Å². The van der Waals surface area contributed by atoms with Crippen LogP contribution in [0.5, 0.6) is 0 Å². The number of anilines is 2. The second kappa shape index (κ2) is 6.20. The standard InChI is InChI=1S/C17H15ClN2O2/c18-12-6-8-13(9-7-12)19-16(21)15-10-11-20(17(15)22)14-4-2-1-3-5-14/h1-9,15H,10-11H2,(H,19,21)/t15-/m0/s1. The van der Waals surface area contributed by atoms with Crippen molar-refractivity contribution in [2.24, 2.45) is 5.92 Å². The Morgan fingerprint density at radius 1 is 1.09 bits per heavy atom. The van der Waals surface area contributed by atoms with Crippen molar-refractivity contribution < 1.29 is 9.59 Å². The van der Waals surface area contributed by atoms with E-state index in [4.69, 9.17) is 11.6 Å². The number of amides is 2. The summed E-state index contributed by atoms with van der Waals surface area (Å²) >= 11 is 5.81. The summed E-state index contributed by atoms with van der Waals surface area (Å²) in [6.45, 7) is 0.557. The number of nitrogens with one attached hydrogen (secondary N) is 1. The maximum absolute atomic E-state index is 12.4. The molecule has 0 spiro atoms. The zero-order valence-corrected chi connectivity index (χ0v) is 12.6. The van der Waals surface area contributed by atoms with Crippen LogP contribution in [0.1, 0.15) is 6.42 Å². The summed E-state index contributed by atoms with van der Waals surface area (Å²) in [5.74, 6) is -1.07. The van der Waals surface area contributed by atoms with E-state index in [0.29, 0.717) is 23.7 Å². The van der Waals surface area contributed by atoms with E-state index in [-0.39, 0.29) is 11.8 Å². The lowest BCUT2D eigenvalue weighted by atomic mass is 10.1. The lowest BCUT2D eigenvalue weighted by Gasteiger charge is -2.16. The maximum Gasteiger partial charge on any atom is 0.239 e. The predicted molar refractivity (Wildman–Crippen MR) is 87.0 cm³/mol. The lowest BCUT2D eigenvalue weighted by molar-refractivity contribution is -0.129. The largest absolute Gasteiger partial charge is 0.325 e. The summed E-state index contributed by atoms with van der Waals surface area (Å²) in [5.41, 5.74) is 1.47. The number of halogens is 1. The van der Waals surface area contributed by atoms with Crippen LogP contribution < -0.4 is 10.2 Å². The SMILES string of the molecule is O=C(Nc1ccc(Cl)cc1)[C@@H]1CCN(c2ccccc2)C1=O. The molecule has 2 amide bonds. The molecule has 2 aromatic carbocycles. The quantitative estimate of drug-likeness (QED) is 0.883. The monoisotopic (exact) mass is 314 g/mol. The van der Waals surface area contributed by atoms with Crippen molar-refractivity contribution in [2.45, 2.75) is 6.42 Å². The number of rotatable bonds is 3. The highest BCUT2D eigenvalue weighted by Gasteiger charge is 2.37. The van der Waals surface area contributed by atoms with Gasteiger partial charge in [-0.05, 0) is 42.8 Å². The van der Waals surface area contributed by atoms with Crippen LogP contribution in [0.3, 0.4) is 0 Å². The average Bonchev–Trinajstić information content (AvgIpc) is 2.92. The highest BCUT2D eigenvalue weighted by atomic mass is 35.5. The molecule has 0 aliphatic carbocycles. The first-order valence-electron chi connectivity index (χ1n) is 7.08. The minimum atomic E-state index is -0.643. The summed E-state index contributed by atoms with van der Waals surface area (Å²) in [6.07, 6.45) is 0.521. The van der Waals surface area contributed by atoms with Gasteiger partial charge in [0.25, 0.3) is 0 Å². The van der Waals surface area contributed by atoms with Gasteiger partial charge in [0.15, 0.2) is 0 Å². The van der Waals surface area contributed by atoms with Crippen LogP contribution in [-0.4, -0.2) is 18.4 Å². The zero-order valence-electron chi connectivity index (χ0n) is 11.8. The lowest BCUT2D eigenvalue weighted by Crippen LogP contribution is -2.32. The van der Waals surface area contributed by atoms with E-state index in [1.165, 1.54) is 0 Å². The van der Waals surface area contributed by atoms with Crippen LogP contribution in [0.2, 0.25) is 5.02 Å². The molecule has 0 aromatic heterocycles. The summed E-state index contributed by atoms with van der Waals surface area (Å²) in [6, 6.07) is 16.2. The fourth-order valence-electron chi connectivity index (χ4n) is 2.55. The van der Waals surface area contributed by atoms with E-state index in [1.807, 2.05) is 30.3 Å². The molecule has 22 heavy (non-hydrogen) atoms. The second-order valence-corrected chi connectivity index (χ2v) is 5.60. The molecule has 4 nitrogen and oxygen atoms in total. The minimum Gasteiger partial charge on any atom is -0.325 e. The van der Waals surface area contributed by atoms with E-state index in [2.05, 4.69) is 5.32 Å². The van der Waals surface area contributed by atoms with Gasteiger partial charge >= 0.3 is 0 Å². The van der Waals surface area contributed by atoms with Crippen molar-refractivity contribution in [3.8, 4) is 0 Å². The second-order valence-electron chi connectivity index (χ2n) is 5.16. The molecular weight excluding hydrogens is 300 g/mol. The summed E-state index contributed by atoms with van der Waals surface area (Å²) < 4.78 is 0. The summed E-state index contributed by atoms with van der Waals surface area (Å²) in [7, 11) is 0. The normalized spacial score (nSPS) is 17.6. The molecule has 1 aliphatic rings. The van der Waals surface area contributed by atoms with Gasteiger partial charge in [-0.2, -0.15) is 0 Å². The van der Waals surface area contributed by atoms with Gasteiger partial charge in [-0.15, -0.1) is 0 Å². The highest BCUT2D eigenvalue weighted by Crippen LogP contribution is 2.26. The Kier molecular flexibility index (Phi) is 4.11. The molecule has 1 saturated heterocycles. The average molecular weight is 315 g/mol. The van der Waals surface area contributed by atoms with Crippen LogP contribution >= 0.6 is 11.6 Å². The first-order chi connectivity index (χ1) is 10.6. The van der Waals surface area contributed by atoms with Crippen molar-refractivity contribution >= 4 is 34.8 Å². The number of nitrogens with zero attached hydrogens (tertiary/aromatic N) is 1. The zero-order chi connectivity index (χ0) is 15.5. The summed E-state index contributed by atoms with van der Waals surface area (Å²) in [4.78, 5) is 26.4. The molecule has 1 heterocycles. The van der Waals surface area contributed by atoms with Gasteiger partial charge < -0.3 is 10.2 Å². The smallest absolute Gasteiger partial charge is 0.239 e. The maximum atomic E-state index is 12.4. The number of para-hydroxylation sites is 1. The molecule has 1 atom stereocenters. The van der Waals surface area contributed by atoms with Crippen LogP contribution in [0.25, 0.3) is 0 Å². The Morgan fingerprint density at radius 2 is 1.77 bits per heavy atom. The van der Waals surface area contributed by atoms with Crippen LogP contribution in [0.4, 0.5) is 11.4 Å². The molecule has 5 heteroatoms. The molecule has 2 aromatic rings.